The Morgan fingerprint density at radius 3 is 3.00 bits per heavy atom. The molecular formula is C11H13ClFNO. The summed E-state index contributed by atoms with van der Waals surface area (Å²) in [6, 6.07) is 4.48. The van der Waals surface area contributed by atoms with E-state index in [1.807, 2.05) is 0 Å². The third kappa shape index (κ3) is 2.83. The molecule has 2 rings (SSSR count). The Morgan fingerprint density at radius 1 is 1.47 bits per heavy atom. The molecule has 0 bridgehead atoms. The second kappa shape index (κ2) is 4.81. The van der Waals surface area contributed by atoms with Crippen LogP contribution in [0.5, 0.6) is 5.75 Å². The third-order valence-corrected chi connectivity index (χ3v) is 2.67. The first kappa shape index (κ1) is 10.7. The molecule has 1 N–H and O–H groups in total. The Balaban J connectivity index is 2.03. The van der Waals surface area contributed by atoms with Crippen molar-refractivity contribution in [2.45, 2.75) is 18.9 Å². The SMILES string of the molecule is Fc1cc(Cl)ccc1O[C@@H]1CCCNC1. The molecule has 1 aromatic rings. The van der Waals surface area contributed by atoms with Gasteiger partial charge in [0.25, 0.3) is 0 Å². The van der Waals surface area contributed by atoms with Crippen molar-refractivity contribution in [3.8, 4) is 5.75 Å². The molecule has 1 aromatic carbocycles. The molecular weight excluding hydrogens is 217 g/mol. The summed E-state index contributed by atoms with van der Waals surface area (Å²) in [5, 5.41) is 3.60. The van der Waals surface area contributed by atoms with Gasteiger partial charge in [0.2, 0.25) is 0 Å². The molecule has 15 heavy (non-hydrogen) atoms. The van der Waals surface area contributed by atoms with Crippen LogP contribution in [-0.4, -0.2) is 19.2 Å². The molecule has 0 spiro atoms. The molecule has 1 heterocycles. The van der Waals surface area contributed by atoms with E-state index in [9.17, 15) is 4.39 Å². The van der Waals surface area contributed by atoms with Crippen LogP contribution in [0, 0.1) is 5.82 Å². The van der Waals surface area contributed by atoms with Gasteiger partial charge in [0.1, 0.15) is 6.10 Å². The lowest BCUT2D eigenvalue weighted by atomic mass is 10.1. The van der Waals surface area contributed by atoms with Gasteiger partial charge >= 0.3 is 0 Å². The molecule has 0 saturated carbocycles. The van der Waals surface area contributed by atoms with Gasteiger partial charge in [0.15, 0.2) is 11.6 Å². The fourth-order valence-corrected chi connectivity index (χ4v) is 1.83. The Bertz CT molecular complexity index is 339. The summed E-state index contributed by atoms with van der Waals surface area (Å²) in [5.41, 5.74) is 0. The number of rotatable bonds is 2. The molecule has 0 unspecified atom stereocenters. The zero-order valence-electron chi connectivity index (χ0n) is 8.30. The molecule has 0 amide bonds. The van der Waals surface area contributed by atoms with E-state index in [4.69, 9.17) is 16.3 Å². The van der Waals surface area contributed by atoms with Crippen molar-refractivity contribution in [1.82, 2.24) is 5.32 Å². The smallest absolute Gasteiger partial charge is 0.166 e. The minimum absolute atomic E-state index is 0.0643. The number of hydrogen-bond donors (Lipinski definition) is 1. The fraction of sp³-hybridized carbons (Fsp3) is 0.455. The predicted octanol–water partition coefficient (Wildman–Crippen LogP) is 2.61. The summed E-state index contributed by atoms with van der Waals surface area (Å²) >= 11 is 5.65. The number of ether oxygens (including phenoxy) is 1. The van der Waals surface area contributed by atoms with Gasteiger partial charge in [-0.1, -0.05) is 11.6 Å². The molecule has 0 radical (unpaired) electrons. The monoisotopic (exact) mass is 229 g/mol. The second-order valence-electron chi connectivity index (χ2n) is 3.66. The van der Waals surface area contributed by atoms with Gasteiger partial charge in [-0.25, -0.2) is 4.39 Å². The zero-order chi connectivity index (χ0) is 10.7. The quantitative estimate of drug-likeness (QED) is 0.842. The Hall–Kier alpha value is -0.800. The summed E-state index contributed by atoms with van der Waals surface area (Å²) in [4.78, 5) is 0. The molecule has 4 heteroatoms. The lowest BCUT2D eigenvalue weighted by molar-refractivity contribution is 0.160. The molecule has 1 fully saturated rings. The van der Waals surface area contributed by atoms with E-state index in [0.29, 0.717) is 5.02 Å². The number of halogens is 2. The van der Waals surface area contributed by atoms with Gasteiger partial charge in [0, 0.05) is 11.6 Å². The Morgan fingerprint density at radius 2 is 2.33 bits per heavy atom. The van der Waals surface area contributed by atoms with E-state index < -0.39 is 5.82 Å². The van der Waals surface area contributed by atoms with Crippen LogP contribution < -0.4 is 10.1 Å². The van der Waals surface area contributed by atoms with Crippen molar-refractivity contribution in [1.29, 1.82) is 0 Å². The van der Waals surface area contributed by atoms with Crippen LogP contribution in [0.3, 0.4) is 0 Å². The Labute approximate surface area is 93.4 Å². The van der Waals surface area contributed by atoms with Crippen molar-refractivity contribution in [2.75, 3.05) is 13.1 Å². The van der Waals surface area contributed by atoms with E-state index in [-0.39, 0.29) is 11.9 Å². The van der Waals surface area contributed by atoms with Crippen molar-refractivity contribution in [2.24, 2.45) is 0 Å². The molecule has 0 aliphatic carbocycles. The maximum Gasteiger partial charge on any atom is 0.166 e. The van der Waals surface area contributed by atoms with Crippen LogP contribution in [0.25, 0.3) is 0 Å². The van der Waals surface area contributed by atoms with Crippen LogP contribution in [0.4, 0.5) is 4.39 Å². The highest BCUT2D eigenvalue weighted by molar-refractivity contribution is 6.30. The molecule has 1 atom stereocenters. The van der Waals surface area contributed by atoms with Gasteiger partial charge in [-0.3, -0.25) is 0 Å². The first-order valence-corrected chi connectivity index (χ1v) is 5.46. The van der Waals surface area contributed by atoms with Crippen LogP contribution in [0.15, 0.2) is 18.2 Å². The van der Waals surface area contributed by atoms with E-state index in [1.165, 1.54) is 6.07 Å². The van der Waals surface area contributed by atoms with Crippen LogP contribution in [0.2, 0.25) is 5.02 Å². The molecule has 1 aliphatic rings. The minimum atomic E-state index is -0.395. The number of hydrogen-bond acceptors (Lipinski definition) is 2. The maximum absolute atomic E-state index is 13.4. The van der Waals surface area contributed by atoms with Gasteiger partial charge < -0.3 is 10.1 Å². The summed E-state index contributed by atoms with van der Waals surface area (Å²) in [5.74, 6) is -0.110. The fourth-order valence-electron chi connectivity index (χ4n) is 1.67. The number of benzene rings is 1. The third-order valence-electron chi connectivity index (χ3n) is 2.44. The van der Waals surface area contributed by atoms with Crippen LogP contribution in [0.1, 0.15) is 12.8 Å². The standard InChI is InChI=1S/C11H13ClFNO/c12-8-3-4-11(10(13)6-8)15-9-2-1-5-14-7-9/h3-4,6,9,14H,1-2,5,7H2/t9-/m1/s1. The van der Waals surface area contributed by atoms with Gasteiger partial charge in [-0.15, -0.1) is 0 Å². The Kier molecular flexibility index (Phi) is 3.44. The van der Waals surface area contributed by atoms with Crippen LogP contribution >= 0.6 is 11.6 Å². The highest BCUT2D eigenvalue weighted by atomic mass is 35.5. The van der Waals surface area contributed by atoms with Gasteiger partial charge in [0.05, 0.1) is 0 Å². The molecule has 82 valence electrons. The summed E-state index contributed by atoms with van der Waals surface area (Å²) in [6.07, 6.45) is 2.10. The lowest BCUT2D eigenvalue weighted by Crippen LogP contribution is -2.37. The summed E-state index contributed by atoms with van der Waals surface area (Å²) in [7, 11) is 0. The van der Waals surface area contributed by atoms with Crippen molar-refractivity contribution < 1.29 is 9.13 Å². The van der Waals surface area contributed by atoms with E-state index >= 15 is 0 Å². The van der Waals surface area contributed by atoms with Crippen molar-refractivity contribution in [3.63, 3.8) is 0 Å². The topological polar surface area (TPSA) is 21.3 Å². The first-order chi connectivity index (χ1) is 7.25. The highest BCUT2D eigenvalue weighted by Gasteiger charge is 2.16. The zero-order valence-corrected chi connectivity index (χ0v) is 9.06. The maximum atomic E-state index is 13.4. The highest BCUT2D eigenvalue weighted by Crippen LogP contribution is 2.23. The molecule has 0 aromatic heterocycles. The minimum Gasteiger partial charge on any atom is -0.486 e. The average Bonchev–Trinajstić information content (AvgIpc) is 2.24. The van der Waals surface area contributed by atoms with E-state index in [2.05, 4.69) is 5.32 Å². The summed E-state index contributed by atoms with van der Waals surface area (Å²) in [6.45, 7) is 1.80. The first-order valence-electron chi connectivity index (χ1n) is 5.08. The largest absolute Gasteiger partial charge is 0.486 e. The van der Waals surface area contributed by atoms with Crippen molar-refractivity contribution in [3.05, 3.63) is 29.0 Å². The normalized spacial score (nSPS) is 21.3. The summed E-state index contributed by atoms with van der Waals surface area (Å²) < 4.78 is 18.9. The lowest BCUT2D eigenvalue weighted by Gasteiger charge is -2.24. The average molecular weight is 230 g/mol. The number of nitrogens with one attached hydrogen (secondary N) is 1. The molecule has 1 saturated heterocycles. The van der Waals surface area contributed by atoms with Crippen molar-refractivity contribution >= 4 is 11.6 Å². The predicted molar refractivity (Wildman–Crippen MR) is 57.9 cm³/mol. The van der Waals surface area contributed by atoms with Gasteiger partial charge in [-0.05, 0) is 37.6 Å². The van der Waals surface area contributed by atoms with E-state index in [1.54, 1.807) is 12.1 Å². The molecule has 2 nitrogen and oxygen atoms in total. The van der Waals surface area contributed by atoms with E-state index in [0.717, 1.165) is 25.9 Å². The second-order valence-corrected chi connectivity index (χ2v) is 4.10. The number of piperidine rings is 1. The van der Waals surface area contributed by atoms with Gasteiger partial charge in [-0.2, -0.15) is 0 Å². The molecule has 1 aliphatic heterocycles. The van der Waals surface area contributed by atoms with Crippen LogP contribution in [-0.2, 0) is 0 Å².